The van der Waals surface area contributed by atoms with Gasteiger partial charge in [-0.1, -0.05) is 28.1 Å². The van der Waals surface area contributed by atoms with Crippen LogP contribution < -0.4 is 5.73 Å². The first-order valence-corrected chi connectivity index (χ1v) is 7.04. The predicted octanol–water partition coefficient (Wildman–Crippen LogP) is 4.69. The van der Waals surface area contributed by atoms with Crippen LogP contribution in [0.3, 0.4) is 0 Å². The summed E-state index contributed by atoms with van der Waals surface area (Å²) in [6.07, 6.45) is 0. The number of hydrogen-bond donors (Lipinski definition) is 1. The highest BCUT2D eigenvalue weighted by Gasteiger charge is 2.15. The van der Waals surface area contributed by atoms with Gasteiger partial charge in [-0.05, 0) is 48.4 Å². The third-order valence-electron chi connectivity index (χ3n) is 3.32. The van der Waals surface area contributed by atoms with Gasteiger partial charge in [0.05, 0.1) is 6.04 Å². The lowest BCUT2D eigenvalue weighted by molar-refractivity contribution is 0.523. The minimum Gasteiger partial charge on any atom is -0.459 e. The topological polar surface area (TPSA) is 39.2 Å². The van der Waals surface area contributed by atoms with Gasteiger partial charge in [-0.2, -0.15) is 0 Å². The second-order valence-electron chi connectivity index (χ2n) is 4.82. The number of furan rings is 1. The largest absolute Gasteiger partial charge is 0.459 e. The summed E-state index contributed by atoms with van der Waals surface area (Å²) in [6, 6.07) is 11.7. The Labute approximate surface area is 124 Å². The van der Waals surface area contributed by atoms with Crippen LogP contribution in [0.25, 0.3) is 11.0 Å². The molecule has 0 fully saturated rings. The zero-order valence-electron chi connectivity index (χ0n) is 10.9. The summed E-state index contributed by atoms with van der Waals surface area (Å²) in [5.74, 6) is 0.401. The maximum Gasteiger partial charge on any atom is 0.137 e. The number of nitrogens with two attached hydrogens (primary N) is 1. The summed E-state index contributed by atoms with van der Waals surface area (Å²) in [4.78, 5) is 0. The molecule has 0 amide bonds. The Hall–Kier alpha value is -1.65. The van der Waals surface area contributed by atoms with Gasteiger partial charge >= 0.3 is 0 Å². The first-order valence-electron chi connectivity index (χ1n) is 6.25. The third-order valence-corrected chi connectivity index (χ3v) is 3.78. The molecule has 0 aliphatic rings. The van der Waals surface area contributed by atoms with Crippen LogP contribution in [0.2, 0.25) is 0 Å². The van der Waals surface area contributed by atoms with Gasteiger partial charge < -0.3 is 10.2 Å². The summed E-state index contributed by atoms with van der Waals surface area (Å²) in [5.41, 5.74) is 8.89. The number of halogens is 2. The molecule has 0 aliphatic carbocycles. The van der Waals surface area contributed by atoms with Gasteiger partial charge in [0.25, 0.3) is 0 Å². The molecule has 3 aromatic rings. The molecule has 20 heavy (non-hydrogen) atoms. The molecule has 2 N–H and O–H groups in total. The fourth-order valence-electron chi connectivity index (χ4n) is 2.29. The Bertz CT molecular complexity index is 764. The zero-order chi connectivity index (χ0) is 14.3. The molecule has 0 radical (unpaired) electrons. The Balaban J connectivity index is 2.05. The van der Waals surface area contributed by atoms with Crippen molar-refractivity contribution in [2.45, 2.75) is 13.0 Å². The van der Waals surface area contributed by atoms with Crippen molar-refractivity contribution in [3.05, 3.63) is 69.6 Å². The average Bonchev–Trinajstić information content (AvgIpc) is 2.83. The highest BCUT2D eigenvalue weighted by molar-refractivity contribution is 9.10. The number of hydrogen-bond acceptors (Lipinski definition) is 2. The quantitative estimate of drug-likeness (QED) is 0.738. The Kier molecular flexibility index (Phi) is 3.36. The molecule has 1 atom stereocenters. The fourth-order valence-corrected chi connectivity index (χ4v) is 2.88. The van der Waals surface area contributed by atoms with E-state index < -0.39 is 6.04 Å². The van der Waals surface area contributed by atoms with Gasteiger partial charge in [-0.15, -0.1) is 0 Å². The van der Waals surface area contributed by atoms with Crippen molar-refractivity contribution in [3.8, 4) is 0 Å². The van der Waals surface area contributed by atoms with E-state index in [-0.39, 0.29) is 5.82 Å². The van der Waals surface area contributed by atoms with E-state index in [9.17, 15) is 4.39 Å². The molecule has 0 bridgehead atoms. The highest BCUT2D eigenvalue weighted by Crippen LogP contribution is 2.31. The lowest BCUT2D eigenvalue weighted by Gasteiger charge is -2.08. The molecular weight excluding hydrogens is 321 g/mol. The van der Waals surface area contributed by atoms with Crippen molar-refractivity contribution in [1.29, 1.82) is 0 Å². The van der Waals surface area contributed by atoms with Gasteiger partial charge in [-0.25, -0.2) is 4.39 Å². The number of benzene rings is 2. The van der Waals surface area contributed by atoms with Crippen LogP contribution in [0, 0.1) is 12.7 Å². The normalized spacial score (nSPS) is 12.8. The SMILES string of the molecule is Cc1cc(Br)cc2cc(C(N)c3ccc(F)cc3)oc12. The van der Waals surface area contributed by atoms with Crippen molar-refractivity contribution in [2.75, 3.05) is 0 Å². The van der Waals surface area contributed by atoms with E-state index in [0.29, 0.717) is 5.76 Å². The average molecular weight is 334 g/mol. The molecule has 0 saturated heterocycles. The van der Waals surface area contributed by atoms with Crippen molar-refractivity contribution in [2.24, 2.45) is 5.73 Å². The van der Waals surface area contributed by atoms with E-state index in [4.69, 9.17) is 10.2 Å². The van der Waals surface area contributed by atoms with E-state index in [0.717, 1.165) is 26.6 Å². The molecule has 3 rings (SSSR count). The monoisotopic (exact) mass is 333 g/mol. The van der Waals surface area contributed by atoms with Gasteiger partial charge in [0.1, 0.15) is 17.2 Å². The van der Waals surface area contributed by atoms with Gasteiger partial charge in [0, 0.05) is 9.86 Å². The van der Waals surface area contributed by atoms with Crippen LogP contribution in [0.1, 0.15) is 22.9 Å². The van der Waals surface area contributed by atoms with E-state index in [1.165, 1.54) is 12.1 Å². The lowest BCUT2D eigenvalue weighted by Crippen LogP contribution is -2.10. The Morgan fingerprint density at radius 1 is 1.15 bits per heavy atom. The second kappa shape index (κ2) is 5.04. The zero-order valence-corrected chi connectivity index (χ0v) is 12.4. The maximum atomic E-state index is 12.9. The van der Waals surface area contributed by atoms with Crippen LogP contribution in [-0.2, 0) is 0 Å². The predicted molar refractivity (Wildman–Crippen MR) is 81.1 cm³/mol. The number of rotatable bonds is 2. The fraction of sp³-hybridized carbons (Fsp3) is 0.125. The van der Waals surface area contributed by atoms with Crippen LogP contribution in [0.5, 0.6) is 0 Å². The van der Waals surface area contributed by atoms with Crippen molar-refractivity contribution in [3.63, 3.8) is 0 Å². The third kappa shape index (κ3) is 2.37. The molecule has 1 aromatic heterocycles. The van der Waals surface area contributed by atoms with Crippen LogP contribution in [0.15, 0.2) is 51.4 Å². The molecule has 2 nitrogen and oxygen atoms in total. The number of aryl methyl sites for hydroxylation is 1. The second-order valence-corrected chi connectivity index (χ2v) is 5.73. The first-order chi connectivity index (χ1) is 9.54. The first kappa shape index (κ1) is 13.3. The molecule has 4 heteroatoms. The van der Waals surface area contributed by atoms with Gasteiger partial charge in [0.15, 0.2) is 0 Å². The molecular formula is C16H13BrFNO. The lowest BCUT2D eigenvalue weighted by atomic mass is 10.1. The Morgan fingerprint density at radius 3 is 2.55 bits per heavy atom. The summed E-state index contributed by atoms with van der Waals surface area (Å²) in [5, 5.41) is 1.00. The minimum atomic E-state index is -0.402. The summed E-state index contributed by atoms with van der Waals surface area (Å²) >= 11 is 3.47. The standard InChI is InChI=1S/C16H13BrFNO/c1-9-6-12(17)7-11-8-14(20-16(9)11)15(19)10-2-4-13(18)5-3-10/h2-8,15H,19H2,1H3. The van der Waals surface area contributed by atoms with E-state index in [1.807, 2.05) is 25.1 Å². The molecule has 1 unspecified atom stereocenters. The van der Waals surface area contributed by atoms with E-state index >= 15 is 0 Å². The van der Waals surface area contributed by atoms with Crippen molar-refractivity contribution < 1.29 is 8.81 Å². The summed E-state index contributed by atoms with van der Waals surface area (Å²) < 4.78 is 19.8. The van der Waals surface area contributed by atoms with Crippen LogP contribution in [0.4, 0.5) is 4.39 Å². The molecule has 0 aliphatic heterocycles. The molecule has 2 aromatic carbocycles. The molecule has 102 valence electrons. The van der Waals surface area contributed by atoms with Crippen molar-refractivity contribution >= 4 is 26.9 Å². The number of fused-ring (bicyclic) bond motifs is 1. The molecule has 1 heterocycles. The smallest absolute Gasteiger partial charge is 0.137 e. The van der Waals surface area contributed by atoms with E-state index in [2.05, 4.69) is 15.9 Å². The molecule has 0 spiro atoms. The highest BCUT2D eigenvalue weighted by atomic mass is 79.9. The minimum absolute atomic E-state index is 0.273. The van der Waals surface area contributed by atoms with Crippen LogP contribution >= 0.6 is 15.9 Å². The summed E-state index contributed by atoms with van der Waals surface area (Å²) in [7, 11) is 0. The van der Waals surface area contributed by atoms with Gasteiger partial charge in [-0.3, -0.25) is 0 Å². The maximum absolute atomic E-state index is 12.9. The van der Waals surface area contributed by atoms with Gasteiger partial charge in [0.2, 0.25) is 0 Å². The molecule has 0 saturated carbocycles. The van der Waals surface area contributed by atoms with E-state index in [1.54, 1.807) is 12.1 Å². The Morgan fingerprint density at radius 2 is 1.85 bits per heavy atom. The van der Waals surface area contributed by atoms with Crippen molar-refractivity contribution in [1.82, 2.24) is 0 Å². The summed E-state index contributed by atoms with van der Waals surface area (Å²) in [6.45, 7) is 1.99. The van der Waals surface area contributed by atoms with Crippen LogP contribution in [-0.4, -0.2) is 0 Å².